The van der Waals surface area contributed by atoms with Crippen LogP contribution in [0, 0.1) is 5.92 Å². The van der Waals surface area contributed by atoms with E-state index in [1.807, 2.05) is 30.3 Å². The number of hydrogen-bond acceptors (Lipinski definition) is 6. The van der Waals surface area contributed by atoms with Crippen LogP contribution in [0.15, 0.2) is 30.3 Å². The molecule has 6 heteroatoms. The summed E-state index contributed by atoms with van der Waals surface area (Å²) in [4.78, 5) is 14.9. The SMILES string of the molecule is NCCCCCCC(O)C(CN1CCOCC1)C(=O)OCc1ccccc1. The van der Waals surface area contributed by atoms with Crippen LogP contribution in [-0.4, -0.2) is 61.5 Å². The predicted octanol–water partition coefficient (Wildman–Crippen LogP) is 1.95. The number of esters is 1. The first-order valence-electron chi connectivity index (χ1n) is 10.1. The van der Waals surface area contributed by atoms with Crippen molar-refractivity contribution in [2.24, 2.45) is 11.7 Å². The van der Waals surface area contributed by atoms with Crippen LogP contribution < -0.4 is 5.73 Å². The first kappa shape index (κ1) is 21.8. The van der Waals surface area contributed by atoms with E-state index >= 15 is 0 Å². The number of nitrogens with zero attached hydrogens (tertiary/aromatic N) is 1. The monoisotopic (exact) mass is 378 g/mol. The summed E-state index contributed by atoms with van der Waals surface area (Å²) in [6.07, 6.45) is 3.92. The number of morpholine rings is 1. The third-order valence-electron chi connectivity index (χ3n) is 5.00. The quantitative estimate of drug-likeness (QED) is 0.427. The minimum absolute atomic E-state index is 0.239. The van der Waals surface area contributed by atoms with Gasteiger partial charge in [-0.1, -0.05) is 49.6 Å². The van der Waals surface area contributed by atoms with E-state index in [1.165, 1.54) is 0 Å². The van der Waals surface area contributed by atoms with Gasteiger partial charge in [0.05, 0.1) is 25.2 Å². The molecular weight excluding hydrogens is 344 g/mol. The van der Waals surface area contributed by atoms with Crippen LogP contribution in [0.1, 0.15) is 37.7 Å². The molecule has 27 heavy (non-hydrogen) atoms. The van der Waals surface area contributed by atoms with Crippen LogP contribution >= 0.6 is 0 Å². The number of carbonyl (C=O) groups is 1. The fraction of sp³-hybridized carbons (Fsp3) is 0.667. The van der Waals surface area contributed by atoms with E-state index in [1.54, 1.807) is 0 Å². The number of aliphatic hydroxyl groups excluding tert-OH is 1. The highest BCUT2D eigenvalue weighted by Gasteiger charge is 2.30. The number of rotatable bonds is 12. The zero-order chi connectivity index (χ0) is 19.3. The molecule has 1 fully saturated rings. The topological polar surface area (TPSA) is 85.0 Å². The minimum Gasteiger partial charge on any atom is -0.460 e. The largest absolute Gasteiger partial charge is 0.460 e. The molecule has 0 aromatic heterocycles. The van der Waals surface area contributed by atoms with Gasteiger partial charge >= 0.3 is 5.97 Å². The molecule has 2 unspecified atom stereocenters. The maximum absolute atomic E-state index is 12.7. The number of aliphatic hydroxyl groups is 1. The van der Waals surface area contributed by atoms with E-state index in [2.05, 4.69) is 4.90 Å². The molecule has 1 saturated heterocycles. The van der Waals surface area contributed by atoms with Crippen molar-refractivity contribution in [1.29, 1.82) is 0 Å². The Labute approximate surface area is 162 Å². The van der Waals surface area contributed by atoms with Crippen LogP contribution in [0.4, 0.5) is 0 Å². The van der Waals surface area contributed by atoms with Gasteiger partial charge in [0.2, 0.25) is 0 Å². The van der Waals surface area contributed by atoms with Gasteiger partial charge in [-0.15, -0.1) is 0 Å². The molecule has 1 aromatic carbocycles. The number of carbonyl (C=O) groups excluding carboxylic acids is 1. The molecule has 152 valence electrons. The zero-order valence-electron chi connectivity index (χ0n) is 16.2. The molecule has 6 nitrogen and oxygen atoms in total. The Morgan fingerprint density at radius 3 is 2.56 bits per heavy atom. The third kappa shape index (κ3) is 8.39. The summed E-state index contributed by atoms with van der Waals surface area (Å²) in [6, 6.07) is 9.63. The second kappa shape index (κ2) is 12.8. The van der Waals surface area contributed by atoms with Crippen LogP contribution in [0.25, 0.3) is 0 Å². The first-order chi connectivity index (χ1) is 13.2. The summed E-state index contributed by atoms with van der Waals surface area (Å²) in [5.41, 5.74) is 6.47. The molecule has 2 atom stereocenters. The molecular formula is C21H34N2O4. The van der Waals surface area contributed by atoms with Gasteiger partial charge in [0.25, 0.3) is 0 Å². The standard InChI is InChI=1S/C21H34N2O4/c22-11-7-2-1-6-10-20(24)19(16-23-12-14-26-15-13-23)21(25)27-17-18-8-4-3-5-9-18/h3-5,8-9,19-20,24H,1-2,6-7,10-17,22H2. The van der Waals surface area contributed by atoms with E-state index in [0.29, 0.717) is 32.7 Å². The van der Waals surface area contributed by atoms with Gasteiger partial charge in [0.1, 0.15) is 6.61 Å². The molecule has 0 aliphatic carbocycles. The summed E-state index contributed by atoms with van der Waals surface area (Å²) < 4.78 is 10.9. The van der Waals surface area contributed by atoms with E-state index < -0.39 is 12.0 Å². The molecule has 0 radical (unpaired) electrons. The van der Waals surface area contributed by atoms with Crippen molar-refractivity contribution in [2.75, 3.05) is 39.4 Å². The van der Waals surface area contributed by atoms with Crippen molar-refractivity contribution >= 4 is 5.97 Å². The highest BCUT2D eigenvalue weighted by Crippen LogP contribution is 2.18. The number of ether oxygens (including phenoxy) is 2. The molecule has 0 saturated carbocycles. The molecule has 1 aliphatic heterocycles. The molecule has 1 aromatic rings. The highest BCUT2D eigenvalue weighted by atomic mass is 16.5. The lowest BCUT2D eigenvalue weighted by molar-refractivity contribution is -0.155. The Hall–Kier alpha value is -1.47. The normalized spacial score (nSPS) is 17.4. The van der Waals surface area contributed by atoms with Crippen LogP contribution in [-0.2, 0) is 20.9 Å². The van der Waals surface area contributed by atoms with E-state index in [4.69, 9.17) is 15.2 Å². The van der Waals surface area contributed by atoms with Gasteiger partial charge in [0.15, 0.2) is 0 Å². The molecule has 1 aliphatic rings. The molecule has 0 amide bonds. The molecule has 1 heterocycles. The number of hydrogen-bond donors (Lipinski definition) is 2. The van der Waals surface area contributed by atoms with Crippen molar-refractivity contribution in [3.05, 3.63) is 35.9 Å². The maximum Gasteiger partial charge on any atom is 0.313 e. The fourth-order valence-electron chi connectivity index (χ4n) is 3.30. The predicted molar refractivity (Wildman–Crippen MR) is 105 cm³/mol. The van der Waals surface area contributed by atoms with E-state index in [-0.39, 0.29) is 12.6 Å². The Morgan fingerprint density at radius 1 is 1.15 bits per heavy atom. The molecule has 3 N–H and O–H groups in total. The maximum atomic E-state index is 12.7. The number of unbranched alkanes of at least 4 members (excludes halogenated alkanes) is 3. The van der Waals surface area contributed by atoms with Gasteiger partial charge in [-0.3, -0.25) is 9.69 Å². The average molecular weight is 379 g/mol. The third-order valence-corrected chi connectivity index (χ3v) is 5.00. The average Bonchev–Trinajstić information content (AvgIpc) is 2.71. The highest BCUT2D eigenvalue weighted by molar-refractivity contribution is 5.73. The Balaban J connectivity index is 1.87. The fourth-order valence-corrected chi connectivity index (χ4v) is 3.30. The molecule has 0 spiro atoms. The number of nitrogens with two attached hydrogens (primary N) is 1. The van der Waals surface area contributed by atoms with Crippen molar-refractivity contribution in [3.8, 4) is 0 Å². The Kier molecular flexibility index (Phi) is 10.4. The van der Waals surface area contributed by atoms with Crippen molar-refractivity contribution < 1.29 is 19.4 Å². The lowest BCUT2D eigenvalue weighted by Crippen LogP contribution is -2.45. The summed E-state index contributed by atoms with van der Waals surface area (Å²) >= 11 is 0. The van der Waals surface area contributed by atoms with Gasteiger partial charge in [-0.05, 0) is 24.9 Å². The molecule has 2 rings (SSSR count). The van der Waals surface area contributed by atoms with Crippen molar-refractivity contribution in [1.82, 2.24) is 4.90 Å². The van der Waals surface area contributed by atoms with Gasteiger partial charge in [0, 0.05) is 19.6 Å². The second-order valence-electron chi connectivity index (χ2n) is 7.17. The van der Waals surface area contributed by atoms with Gasteiger partial charge < -0.3 is 20.3 Å². The summed E-state index contributed by atoms with van der Waals surface area (Å²) in [5, 5.41) is 10.7. The number of benzene rings is 1. The van der Waals surface area contributed by atoms with Crippen LogP contribution in [0.3, 0.4) is 0 Å². The van der Waals surface area contributed by atoms with Gasteiger partial charge in [-0.2, -0.15) is 0 Å². The van der Waals surface area contributed by atoms with Crippen molar-refractivity contribution in [2.45, 2.75) is 44.8 Å². The lowest BCUT2D eigenvalue weighted by atomic mass is 9.96. The second-order valence-corrected chi connectivity index (χ2v) is 7.17. The van der Waals surface area contributed by atoms with Crippen LogP contribution in [0.2, 0.25) is 0 Å². The summed E-state index contributed by atoms with van der Waals surface area (Å²) in [7, 11) is 0. The van der Waals surface area contributed by atoms with Crippen LogP contribution in [0.5, 0.6) is 0 Å². The van der Waals surface area contributed by atoms with Gasteiger partial charge in [-0.25, -0.2) is 0 Å². The minimum atomic E-state index is -0.686. The molecule has 0 bridgehead atoms. The Bertz CT molecular complexity index is 520. The van der Waals surface area contributed by atoms with E-state index in [0.717, 1.165) is 44.3 Å². The lowest BCUT2D eigenvalue weighted by Gasteiger charge is -2.31. The Morgan fingerprint density at radius 2 is 1.85 bits per heavy atom. The smallest absolute Gasteiger partial charge is 0.313 e. The summed E-state index contributed by atoms with van der Waals surface area (Å²) in [5.74, 6) is -0.846. The zero-order valence-corrected chi connectivity index (χ0v) is 16.2. The van der Waals surface area contributed by atoms with Crippen molar-refractivity contribution in [3.63, 3.8) is 0 Å². The van der Waals surface area contributed by atoms with E-state index in [9.17, 15) is 9.90 Å². The summed E-state index contributed by atoms with van der Waals surface area (Å²) in [6.45, 7) is 4.36. The first-order valence-corrected chi connectivity index (χ1v) is 10.1.